The Morgan fingerprint density at radius 1 is 1.09 bits per heavy atom. The molecule has 0 amide bonds. The standard InChI is InChI=1S/C25H20ClN3O3/c1-2-28-21-15-32-25(19-11-12-20(26)27-14-19)29(21)24(31)22(23(28)30)18-10-6-9-17(13-18)16-7-4-3-5-8-16/h3-14,25H,2,15H2,1H3. The summed E-state index contributed by atoms with van der Waals surface area (Å²) in [5.74, 6) is 0.234. The molecule has 1 unspecified atom stereocenters. The van der Waals surface area contributed by atoms with Crippen LogP contribution in [0, 0.1) is 0 Å². The summed E-state index contributed by atoms with van der Waals surface area (Å²) in [4.78, 5) is 17.8. The van der Waals surface area contributed by atoms with Crippen LogP contribution in [-0.2, 0) is 17.9 Å². The number of rotatable bonds is 4. The van der Waals surface area contributed by atoms with Crippen LogP contribution in [0.2, 0.25) is 5.15 Å². The van der Waals surface area contributed by atoms with Gasteiger partial charge in [-0.05, 0) is 41.8 Å². The molecule has 2 aromatic carbocycles. The number of nitrogens with zero attached hydrogens (tertiary/aromatic N) is 3. The van der Waals surface area contributed by atoms with Crippen molar-refractivity contribution in [1.29, 1.82) is 0 Å². The van der Waals surface area contributed by atoms with E-state index in [4.69, 9.17) is 16.3 Å². The van der Waals surface area contributed by atoms with Gasteiger partial charge in [-0.3, -0.25) is 0 Å². The molecule has 1 aliphatic heterocycles. The van der Waals surface area contributed by atoms with Crippen LogP contribution in [-0.4, -0.2) is 9.55 Å². The van der Waals surface area contributed by atoms with E-state index in [2.05, 4.69) is 4.98 Å². The van der Waals surface area contributed by atoms with E-state index in [1.54, 1.807) is 33.5 Å². The highest BCUT2D eigenvalue weighted by Crippen LogP contribution is 2.31. The molecule has 4 aromatic rings. The lowest BCUT2D eigenvalue weighted by Gasteiger charge is -2.18. The Kier molecular flexibility index (Phi) is 5.25. The Labute approximate surface area is 190 Å². The molecule has 32 heavy (non-hydrogen) atoms. The summed E-state index contributed by atoms with van der Waals surface area (Å²) < 4.78 is 9.09. The molecule has 0 spiro atoms. The first-order valence-corrected chi connectivity index (χ1v) is 10.7. The third kappa shape index (κ3) is 3.38. The fourth-order valence-corrected chi connectivity index (χ4v) is 4.28. The lowest BCUT2D eigenvalue weighted by molar-refractivity contribution is -0.749. The lowest BCUT2D eigenvalue weighted by atomic mass is 10.00. The molecule has 1 atom stereocenters. The lowest BCUT2D eigenvalue weighted by Crippen LogP contribution is -2.56. The fraction of sp³-hybridized carbons (Fsp3) is 0.160. The van der Waals surface area contributed by atoms with Gasteiger partial charge in [0.2, 0.25) is 6.23 Å². The Morgan fingerprint density at radius 2 is 1.84 bits per heavy atom. The van der Waals surface area contributed by atoms with E-state index in [0.717, 1.165) is 11.1 Å². The number of benzene rings is 2. The molecular formula is C25H20ClN3O3. The van der Waals surface area contributed by atoms with E-state index >= 15 is 0 Å². The molecule has 6 nitrogen and oxygen atoms in total. The van der Waals surface area contributed by atoms with Gasteiger partial charge in [-0.1, -0.05) is 60.1 Å². The Balaban J connectivity index is 1.71. The maximum absolute atomic E-state index is 13.7. The average Bonchev–Trinajstić information content (AvgIpc) is 3.26. The number of halogens is 1. The van der Waals surface area contributed by atoms with E-state index < -0.39 is 6.23 Å². The molecule has 3 heterocycles. The second-order valence-electron chi connectivity index (χ2n) is 7.54. The summed E-state index contributed by atoms with van der Waals surface area (Å²) in [6.45, 7) is 2.47. The Hall–Kier alpha value is -3.48. The first-order chi connectivity index (χ1) is 15.6. The van der Waals surface area contributed by atoms with Crippen LogP contribution in [0.3, 0.4) is 0 Å². The van der Waals surface area contributed by atoms with Gasteiger partial charge in [0.1, 0.15) is 10.7 Å². The molecule has 5 rings (SSSR count). The van der Waals surface area contributed by atoms with Crippen LogP contribution in [0.25, 0.3) is 22.3 Å². The SMILES string of the molecule is CCn1c([O-])c(-c2cccc(-c3ccccc3)c2)c(=O)[n+]2c1COC2c1ccc(Cl)nc1. The minimum absolute atomic E-state index is 0.130. The van der Waals surface area contributed by atoms with Gasteiger partial charge in [0.05, 0.1) is 12.4 Å². The highest BCUT2D eigenvalue weighted by Gasteiger charge is 2.37. The van der Waals surface area contributed by atoms with Crippen LogP contribution in [0.1, 0.15) is 24.5 Å². The Bertz CT molecular complexity index is 1350. The Morgan fingerprint density at radius 3 is 2.56 bits per heavy atom. The zero-order chi connectivity index (χ0) is 22.2. The van der Waals surface area contributed by atoms with Gasteiger partial charge < -0.3 is 9.84 Å². The molecule has 0 saturated carbocycles. The van der Waals surface area contributed by atoms with Crippen LogP contribution < -0.4 is 15.2 Å². The second kappa shape index (κ2) is 8.22. The van der Waals surface area contributed by atoms with Crippen LogP contribution >= 0.6 is 11.6 Å². The monoisotopic (exact) mass is 445 g/mol. The van der Waals surface area contributed by atoms with Gasteiger partial charge in [-0.25, -0.2) is 14.3 Å². The smallest absolute Gasteiger partial charge is 0.347 e. The third-order valence-electron chi connectivity index (χ3n) is 5.70. The first-order valence-electron chi connectivity index (χ1n) is 10.4. The second-order valence-corrected chi connectivity index (χ2v) is 7.93. The zero-order valence-corrected chi connectivity index (χ0v) is 18.1. The van der Waals surface area contributed by atoms with Crippen LogP contribution in [0.5, 0.6) is 5.88 Å². The van der Waals surface area contributed by atoms with E-state index in [0.29, 0.717) is 28.6 Å². The van der Waals surface area contributed by atoms with Crippen molar-refractivity contribution in [1.82, 2.24) is 9.55 Å². The minimum atomic E-state index is -0.670. The van der Waals surface area contributed by atoms with Gasteiger partial charge in [-0.15, -0.1) is 0 Å². The van der Waals surface area contributed by atoms with Crippen molar-refractivity contribution in [3.05, 3.63) is 99.8 Å². The predicted octanol–water partition coefficient (Wildman–Crippen LogP) is 3.69. The molecule has 7 heteroatoms. The highest BCUT2D eigenvalue weighted by molar-refractivity contribution is 6.29. The van der Waals surface area contributed by atoms with Crippen molar-refractivity contribution in [2.75, 3.05) is 0 Å². The van der Waals surface area contributed by atoms with Gasteiger partial charge >= 0.3 is 5.56 Å². The largest absolute Gasteiger partial charge is 0.842 e. The van der Waals surface area contributed by atoms with Crippen molar-refractivity contribution < 1.29 is 14.4 Å². The average molecular weight is 446 g/mol. The van der Waals surface area contributed by atoms with Crippen molar-refractivity contribution in [3.8, 4) is 28.1 Å². The number of ether oxygens (including phenoxy) is 1. The maximum Gasteiger partial charge on any atom is 0.347 e. The molecule has 0 fully saturated rings. The topological polar surface area (TPSA) is 71.1 Å². The molecule has 0 aliphatic carbocycles. The predicted molar refractivity (Wildman–Crippen MR) is 119 cm³/mol. The van der Waals surface area contributed by atoms with Gasteiger partial charge in [-0.2, -0.15) is 4.57 Å². The molecule has 0 bridgehead atoms. The number of pyridine rings is 1. The molecule has 0 radical (unpaired) electrons. The highest BCUT2D eigenvalue weighted by atomic mass is 35.5. The third-order valence-corrected chi connectivity index (χ3v) is 5.92. The normalized spacial score (nSPS) is 15.0. The zero-order valence-electron chi connectivity index (χ0n) is 17.4. The summed E-state index contributed by atoms with van der Waals surface area (Å²) in [6, 6.07) is 20.8. The molecule has 1 aliphatic rings. The number of hydrogen-bond donors (Lipinski definition) is 0. The quantitative estimate of drug-likeness (QED) is 0.355. The fourth-order valence-electron chi connectivity index (χ4n) is 4.17. The van der Waals surface area contributed by atoms with E-state index in [1.165, 1.54) is 0 Å². The van der Waals surface area contributed by atoms with Gasteiger partial charge in [0.25, 0.3) is 5.82 Å². The first kappa shape index (κ1) is 20.4. The minimum Gasteiger partial charge on any atom is -0.842 e. The molecule has 160 valence electrons. The van der Waals surface area contributed by atoms with Crippen molar-refractivity contribution in [2.45, 2.75) is 26.3 Å². The number of fused-ring (bicyclic) bond motifs is 1. The summed E-state index contributed by atoms with van der Waals surface area (Å²) in [6.07, 6.45) is 0.919. The summed E-state index contributed by atoms with van der Waals surface area (Å²) in [7, 11) is 0. The van der Waals surface area contributed by atoms with E-state index in [9.17, 15) is 9.90 Å². The van der Waals surface area contributed by atoms with Crippen LogP contribution in [0.4, 0.5) is 0 Å². The summed E-state index contributed by atoms with van der Waals surface area (Å²) >= 11 is 5.92. The van der Waals surface area contributed by atoms with E-state index in [-0.39, 0.29) is 23.6 Å². The summed E-state index contributed by atoms with van der Waals surface area (Å²) in [5, 5.41) is 13.7. The number of aromatic nitrogens is 3. The molecular weight excluding hydrogens is 426 g/mol. The van der Waals surface area contributed by atoms with Crippen molar-refractivity contribution in [2.24, 2.45) is 0 Å². The van der Waals surface area contributed by atoms with Crippen LogP contribution in [0.15, 0.2) is 77.7 Å². The maximum atomic E-state index is 13.7. The number of hydrogen-bond acceptors (Lipinski definition) is 4. The van der Waals surface area contributed by atoms with Gasteiger partial charge in [0, 0.05) is 11.8 Å². The van der Waals surface area contributed by atoms with Crippen molar-refractivity contribution in [3.63, 3.8) is 0 Å². The molecule has 2 aromatic heterocycles. The molecule has 0 saturated heterocycles. The van der Waals surface area contributed by atoms with Gasteiger partial charge in [0.15, 0.2) is 6.61 Å². The summed E-state index contributed by atoms with van der Waals surface area (Å²) in [5.41, 5.74) is 2.98. The van der Waals surface area contributed by atoms with Crippen molar-refractivity contribution >= 4 is 11.6 Å². The molecule has 0 N–H and O–H groups in total. The van der Waals surface area contributed by atoms with E-state index in [1.807, 2.05) is 55.5 Å².